The fourth-order valence-electron chi connectivity index (χ4n) is 4.05. The molecular weight excluding hydrogens is 537 g/mol. The van der Waals surface area contributed by atoms with Crippen LogP contribution in [-0.2, 0) is 16.6 Å². The molecule has 0 bridgehead atoms. The van der Waals surface area contributed by atoms with Crippen LogP contribution in [0.25, 0.3) is 22.5 Å². The molecule has 4 aromatic rings. The summed E-state index contributed by atoms with van der Waals surface area (Å²) in [5, 5.41) is 14.3. The molecule has 0 fully saturated rings. The molecule has 0 atom stereocenters. The molecule has 1 amide bonds. The van der Waals surface area contributed by atoms with Gasteiger partial charge in [-0.3, -0.25) is 4.68 Å². The van der Waals surface area contributed by atoms with Crippen LogP contribution in [0, 0.1) is 17.5 Å². The quantitative estimate of drug-likeness (QED) is 0.321. The number of amides is 1. The molecule has 0 aliphatic rings. The Morgan fingerprint density at radius 3 is 2.49 bits per heavy atom. The third-order valence-electron chi connectivity index (χ3n) is 5.85. The Morgan fingerprint density at radius 1 is 1.15 bits per heavy atom. The number of hydrogen-bond acceptors (Lipinski definition) is 7. The summed E-state index contributed by atoms with van der Waals surface area (Å²) in [6.45, 7) is 5.67. The van der Waals surface area contributed by atoms with Crippen LogP contribution in [0.15, 0.2) is 53.7 Å². The molecule has 0 saturated heterocycles. The maximum Gasteiger partial charge on any atom is 0.426 e. The highest BCUT2D eigenvalue weighted by molar-refractivity contribution is 7.93. The van der Waals surface area contributed by atoms with Gasteiger partial charge in [0.1, 0.15) is 27.9 Å². The second-order valence-electron chi connectivity index (χ2n) is 8.69. The molecule has 0 saturated carbocycles. The maximum atomic E-state index is 16.5. The molecule has 39 heavy (non-hydrogen) atoms. The van der Waals surface area contributed by atoms with E-state index in [0.29, 0.717) is 41.6 Å². The minimum atomic E-state index is -5.31. The van der Waals surface area contributed by atoms with Gasteiger partial charge in [-0.15, -0.1) is 0 Å². The third kappa shape index (κ3) is 5.02. The molecule has 14 heteroatoms. The van der Waals surface area contributed by atoms with E-state index in [9.17, 15) is 27.1 Å². The molecule has 2 aromatic heterocycles. The minimum absolute atomic E-state index is 0.0395. The van der Waals surface area contributed by atoms with Crippen molar-refractivity contribution in [2.75, 3.05) is 10.0 Å². The van der Waals surface area contributed by atoms with E-state index in [1.165, 1.54) is 23.0 Å². The van der Waals surface area contributed by atoms with Crippen molar-refractivity contribution in [2.24, 2.45) is 0 Å². The van der Waals surface area contributed by atoms with E-state index in [4.69, 9.17) is 5.73 Å². The highest BCUT2D eigenvalue weighted by Gasteiger charge is 2.37. The molecular formula is C25H23F3N6O4S. The number of sulfonamides is 1. The Labute approximate surface area is 221 Å². The standard InChI is InChI=1S/C25H23F3N6O4S/c1-4-33-12-16(18-9-10-30-24(29)31-18)23(32-33)21-15(13(2)3)6-8-19(22(21)28)34(25(35)36)39(37,38)20-11-14(26)5-7-17(20)27/h5-13H,4H2,1-3H3,(H,35,36)(H2,29,30,31). The predicted molar refractivity (Wildman–Crippen MR) is 137 cm³/mol. The second kappa shape index (κ2) is 10.4. The Kier molecular flexibility index (Phi) is 7.33. The first-order chi connectivity index (χ1) is 18.4. The van der Waals surface area contributed by atoms with Gasteiger partial charge >= 0.3 is 6.09 Å². The Morgan fingerprint density at radius 2 is 1.87 bits per heavy atom. The molecule has 0 unspecified atom stereocenters. The summed E-state index contributed by atoms with van der Waals surface area (Å²) in [5.74, 6) is -4.17. The molecule has 10 nitrogen and oxygen atoms in total. The number of nitrogens with zero attached hydrogens (tertiary/aromatic N) is 5. The van der Waals surface area contributed by atoms with E-state index in [2.05, 4.69) is 15.1 Å². The highest BCUT2D eigenvalue weighted by atomic mass is 32.2. The van der Waals surface area contributed by atoms with Crippen molar-refractivity contribution in [1.82, 2.24) is 19.7 Å². The average molecular weight is 561 g/mol. The summed E-state index contributed by atoms with van der Waals surface area (Å²) in [7, 11) is -5.31. The smallest absolute Gasteiger partial charge is 0.426 e. The van der Waals surface area contributed by atoms with Crippen molar-refractivity contribution < 1.29 is 31.5 Å². The number of aryl methyl sites for hydroxylation is 1. The molecule has 2 aromatic carbocycles. The zero-order chi connectivity index (χ0) is 28.6. The van der Waals surface area contributed by atoms with E-state index in [1.807, 2.05) is 0 Å². The van der Waals surface area contributed by atoms with Crippen LogP contribution in [0.2, 0.25) is 0 Å². The number of rotatable bonds is 7. The lowest BCUT2D eigenvalue weighted by molar-refractivity contribution is 0.206. The first-order valence-corrected chi connectivity index (χ1v) is 13.0. The van der Waals surface area contributed by atoms with E-state index in [0.717, 1.165) is 6.07 Å². The molecule has 2 heterocycles. The fraction of sp³-hybridized carbons (Fsp3) is 0.200. The molecule has 0 spiro atoms. The lowest BCUT2D eigenvalue weighted by atomic mass is 9.92. The van der Waals surface area contributed by atoms with Crippen LogP contribution in [-0.4, -0.2) is 39.4 Å². The van der Waals surface area contributed by atoms with Gasteiger partial charge in [-0.25, -0.2) is 36.4 Å². The number of carbonyl (C=O) groups is 1. The van der Waals surface area contributed by atoms with Gasteiger partial charge in [0.05, 0.1) is 5.69 Å². The highest BCUT2D eigenvalue weighted by Crippen LogP contribution is 2.41. The summed E-state index contributed by atoms with van der Waals surface area (Å²) < 4.78 is 72.4. The molecule has 0 radical (unpaired) electrons. The lowest BCUT2D eigenvalue weighted by Crippen LogP contribution is -2.37. The predicted octanol–water partition coefficient (Wildman–Crippen LogP) is 5.02. The molecule has 4 rings (SSSR count). The van der Waals surface area contributed by atoms with Crippen molar-refractivity contribution in [3.05, 3.63) is 71.8 Å². The van der Waals surface area contributed by atoms with Crippen molar-refractivity contribution in [3.63, 3.8) is 0 Å². The van der Waals surface area contributed by atoms with Gasteiger partial charge in [0, 0.05) is 30.1 Å². The van der Waals surface area contributed by atoms with Crippen molar-refractivity contribution in [2.45, 2.75) is 38.1 Å². The van der Waals surface area contributed by atoms with Crippen LogP contribution < -0.4 is 10.0 Å². The van der Waals surface area contributed by atoms with Crippen LogP contribution in [0.1, 0.15) is 32.3 Å². The van der Waals surface area contributed by atoms with Crippen LogP contribution in [0.3, 0.4) is 0 Å². The number of hydrogen-bond donors (Lipinski definition) is 2. The van der Waals surface area contributed by atoms with Crippen LogP contribution >= 0.6 is 0 Å². The average Bonchev–Trinajstić information content (AvgIpc) is 3.30. The number of anilines is 2. The Balaban J connectivity index is 2.03. The topological polar surface area (TPSA) is 144 Å². The number of carboxylic acid groups (broad SMARTS) is 1. The number of benzene rings is 2. The summed E-state index contributed by atoms with van der Waals surface area (Å²) in [4.78, 5) is 19.0. The zero-order valence-corrected chi connectivity index (χ0v) is 21.7. The first-order valence-electron chi connectivity index (χ1n) is 11.6. The minimum Gasteiger partial charge on any atom is -0.464 e. The van der Waals surface area contributed by atoms with Gasteiger partial charge in [0.2, 0.25) is 5.95 Å². The number of aromatic nitrogens is 4. The monoisotopic (exact) mass is 560 g/mol. The summed E-state index contributed by atoms with van der Waals surface area (Å²) >= 11 is 0. The normalized spacial score (nSPS) is 11.7. The van der Waals surface area contributed by atoms with E-state index < -0.39 is 44.2 Å². The maximum absolute atomic E-state index is 16.5. The summed E-state index contributed by atoms with van der Waals surface area (Å²) in [6, 6.07) is 5.35. The zero-order valence-electron chi connectivity index (χ0n) is 20.9. The van der Waals surface area contributed by atoms with Gasteiger partial charge in [0.25, 0.3) is 10.0 Å². The van der Waals surface area contributed by atoms with Crippen LogP contribution in [0.5, 0.6) is 0 Å². The molecule has 0 aliphatic heterocycles. The Bertz CT molecular complexity index is 1690. The van der Waals surface area contributed by atoms with Gasteiger partial charge < -0.3 is 10.8 Å². The fourth-order valence-corrected chi connectivity index (χ4v) is 5.42. The van der Waals surface area contributed by atoms with Crippen molar-refractivity contribution in [3.8, 4) is 22.5 Å². The van der Waals surface area contributed by atoms with Gasteiger partial charge in [-0.1, -0.05) is 19.9 Å². The molecule has 204 valence electrons. The SMILES string of the molecule is CCn1cc(-c2ccnc(N)n2)c(-c2c(C(C)C)ccc(N(C(=O)O)S(=O)(=O)c3cc(F)ccc3F)c2F)n1. The molecule has 0 aliphatic carbocycles. The van der Waals surface area contributed by atoms with Gasteiger partial charge in [0.15, 0.2) is 5.82 Å². The van der Waals surface area contributed by atoms with Gasteiger partial charge in [-0.2, -0.15) is 9.40 Å². The van der Waals surface area contributed by atoms with Crippen molar-refractivity contribution in [1.29, 1.82) is 0 Å². The molecule has 3 N–H and O–H groups in total. The first kappa shape index (κ1) is 27.6. The van der Waals surface area contributed by atoms with Crippen LogP contribution in [0.4, 0.5) is 29.6 Å². The number of halogens is 3. The largest absolute Gasteiger partial charge is 0.464 e. The number of nitrogen functional groups attached to an aromatic ring is 1. The van der Waals surface area contributed by atoms with E-state index >= 15 is 4.39 Å². The van der Waals surface area contributed by atoms with E-state index in [1.54, 1.807) is 27.0 Å². The van der Waals surface area contributed by atoms with Crippen molar-refractivity contribution >= 4 is 27.8 Å². The van der Waals surface area contributed by atoms with E-state index in [-0.39, 0.29) is 27.4 Å². The summed E-state index contributed by atoms with van der Waals surface area (Å²) in [6.07, 6.45) is 0.845. The number of nitrogens with two attached hydrogens (primary N) is 1. The lowest BCUT2D eigenvalue weighted by Gasteiger charge is -2.23. The third-order valence-corrected chi connectivity index (χ3v) is 7.55. The Hall–Kier alpha value is -4.46. The summed E-state index contributed by atoms with van der Waals surface area (Å²) in [5.41, 5.74) is 5.65. The second-order valence-corrected chi connectivity index (χ2v) is 10.4. The van der Waals surface area contributed by atoms with Gasteiger partial charge in [-0.05, 0) is 48.7 Å².